The number of halogens is 3. The first-order valence-electron chi connectivity index (χ1n) is 8.16. The maximum absolute atomic E-state index is 12.9. The largest absolute Gasteiger partial charge is 0.451 e. The second-order valence-corrected chi connectivity index (χ2v) is 6.31. The Morgan fingerprint density at radius 3 is 2.26 bits per heavy atom. The number of hydrogen-bond acceptors (Lipinski definition) is 5. The lowest BCUT2D eigenvalue weighted by Crippen LogP contribution is -2.42. The molecular weight excluding hydrogens is 369 g/mol. The first-order valence-corrected chi connectivity index (χ1v) is 8.16. The quantitative estimate of drug-likeness (QED) is 0.734. The summed E-state index contributed by atoms with van der Waals surface area (Å²) in [6.07, 6.45) is -4.15. The van der Waals surface area contributed by atoms with Crippen molar-refractivity contribution in [1.29, 1.82) is 0 Å². The zero-order chi connectivity index (χ0) is 19.9. The summed E-state index contributed by atoms with van der Waals surface area (Å²) in [4.78, 5) is 37.4. The number of piperidine rings is 1. The van der Waals surface area contributed by atoms with Crippen molar-refractivity contribution in [1.82, 2.24) is 29.0 Å². The molecule has 3 heterocycles. The minimum atomic E-state index is -4.72. The molecule has 12 heteroatoms. The normalized spacial score (nSPS) is 16.0. The standard InChI is InChI=1S/C15H17F3N6O3/c1-21-13(15(16,17)18)20-24(14(21)27)9-5-7-23(8-6-9)12(26)10-3-4-11(25)22(2)19-10/h3-4,9H,5-8H2,1-2H3. The van der Waals surface area contributed by atoms with E-state index in [1.54, 1.807) is 0 Å². The highest BCUT2D eigenvalue weighted by Crippen LogP contribution is 2.28. The molecule has 0 saturated carbocycles. The predicted octanol–water partition coefficient (Wildman–Crippen LogP) is 0.172. The highest BCUT2D eigenvalue weighted by Gasteiger charge is 2.39. The van der Waals surface area contributed by atoms with Gasteiger partial charge in [-0.25, -0.2) is 14.2 Å². The molecule has 0 atom stereocenters. The summed E-state index contributed by atoms with van der Waals surface area (Å²) in [6.45, 7) is 0.469. The lowest BCUT2D eigenvalue weighted by molar-refractivity contribution is -0.147. The number of carbonyl (C=O) groups excluding carboxylic acids is 1. The number of nitrogens with zero attached hydrogens (tertiary/aromatic N) is 6. The maximum Gasteiger partial charge on any atom is 0.451 e. The molecule has 3 rings (SSSR count). The third-order valence-electron chi connectivity index (χ3n) is 4.53. The van der Waals surface area contributed by atoms with Crippen molar-refractivity contribution in [2.75, 3.05) is 13.1 Å². The van der Waals surface area contributed by atoms with Crippen LogP contribution < -0.4 is 11.2 Å². The molecule has 1 saturated heterocycles. The van der Waals surface area contributed by atoms with E-state index in [4.69, 9.17) is 0 Å². The van der Waals surface area contributed by atoms with Gasteiger partial charge in [-0.1, -0.05) is 0 Å². The Labute approximate surface area is 150 Å². The van der Waals surface area contributed by atoms with E-state index in [2.05, 4.69) is 10.2 Å². The Morgan fingerprint density at radius 1 is 1.11 bits per heavy atom. The summed E-state index contributed by atoms with van der Waals surface area (Å²) in [5, 5.41) is 7.34. The fourth-order valence-corrected chi connectivity index (χ4v) is 3.03. The van der Waals surface area contributed by atoms with Crippen molar-refractivity contribution < 1.29 is 18.0 Å². The van der Waals surface area contributed by atoms with Crippen LogP contribution in [0.3, 0.4) is 0 Å². The summed E-state index contributed by atoms with van der Waals surface area (Å²) in [5.74, 6) is -1.63. The molecule has 0 N–H and O–H groups in total. The number of likely N-dealkylation sites (tertiary alicyclic amines) is 1. The smallest absolute Gasteiger partial charge is 0.337 e. The van der Waals surface area contributed by atoms with E-state index in [-0.39, 0.29) is 43.1 Å². The first-order chi connectivity index (χ1) is 12.6. The van der Waals surface area contributed by atoms with Gasteiger partial charge in [-0.15, -0.1) is 5.10 Å². The van der Waals surface area contributed by atoms with Crippen molar-refractivity contribution >= 4 is 5.91 Å². The summed E-state index contributed by atoms with van der Waals surface area (Å²) < 4.78 is 41.1. The van der Waals surface area contributed by atoms with E-state index in [1.165, 1.54) is 24.1 Å². The van der Waals surface area contributed by atoms with Crippen LogP contribution in [0.25, 0.3) is 0 Å². The summed E-state index contributed by atoms with van der Waals surface area (Å²) in [7, 11) is 2.45. The number of rotatable bonds is 2. The van der Waals surface area contributed by atoms with Crippen LogP contribution in [0.5, 0.6) is 0 Å². The van der Waals surface area contributed by atoms with Crippen LogP contribution in [0.1, 0.15) is 35.2 Å². The molecule has 0 bridgehead atoms. The Morgan fingerprint density at radius 2 is 1.74 bits per heavy atom. The minimum Gasteiger partial charge on any atom is -0.337 e. The Kier molecular flexibility index (Phi) is 4.66. The molecule has 2 aromatic rings. The molecule has 0 unspecified atom stereocenters. The average molecular weight is 386 g/mol. The second-order valence-electron chi connectivity index (χ2n) is 6.31. The number of carbonyl (C=O) groups is 1. The summed E-state index contributed by atoms with van der Waals surface area (Å²) in [5.41, 5.74) is -1.09. The van der Waals surface area contributed by atoms with Crippen molar-refractivity contribution in [2.24, 2.45) is 14.1 Å². The fraction of sp³-hybridized carbons (Fsp3) is 0.533. The summed E-state index contributed by atoms with van der Waals surface area (Å²) >= 11 is 0. The van der Waals surface area contributed by atoms with Crippen molar-refractivity contribution in [3.8, 4) is 0 Å². The van der Waals surface area contributed by atoms with Crippen molar-refractivity contribution in [3.63, 3.8) is 0 Å². The van der Waals surface area contributed by atoms with E-state index in [0.717, 1.165) is 16.4 Å². The Hall–Kier alpha value is -2.92. The minimum absolute atomic E-state index is 0.102. The summed E-state index contributed by atoms with van der Waals surface area (Å²) in [6, 6.07) is 2.03. The lowest BCUT2D eigenvalue weighted by atomic mass is 10.0. The van der Waals surface area contributed by atoms with Crippen LogP contribution in [0.2, 0.25) is 0 Å². The van der Waals surface area contributed by atoms with Gasteiger partial charge in [0.2, 0.25) is 5.82 Å². The zero-order valence-corrected chi connectivity index (χ0v) is 14.6. The maximum atomic E-state index is 12.9. The molecule has 0 radical (unpaired) electrons. The SMILES string of the molecule is Cn1nc(C(=O)N2CCC(n3nc(C(F)(F)F)n(C)c3=O)CC2)ccc1=O. The van der Waals surface area contributed by atoms with E-state index in [1.807, 2.05) is 0 Å². The van der Waals surface area contributed by atoms with Crippen LogP contribution in [0.15, 0.2) is 21.7 Å². The van der Waals surface area contributed by atoms with Crippen molar-refractivity contribution in [3.05, 3.63) is 44.5 Å². The van der Waals surface area contributed by atoms with Gasteiger partial charge in [-0.3, -0.25) is 14.2 Å². The van der Waals surface area contributed by atoms with Gasteiger partial charge in [-0.05, 0) is 18.9 Å². The van der Waals surface area contributed by atoms with E-state index in [9.17, 15) is 27.6 Å². The molecule has 9 nitrogen and oxygen atoms in total. The lowest BCUT2D eigenvalue weighted by Gasteiger charge is -2.31. The van der Waals surface area contributed by atoms with Crippen LogP contribution in [-0.4, -0.2) is 48.0 Å². The first kappa shape index (κ1) is 18.9. The van der Waals surface area contributed by atoms with Gasteiger partial charge in [0, 0.05) is 33.3 Å². The van der Waals surface area contributed by atoms with Crippen LogP contribution >= 0.6 is 0 Å². The van der Waals surface area contributed by atoms with Crippen LogP contribution in [0.4, 0.5) is 13.2 Å². The number of amides is 1. The Bertz CT molecular complexity index is 982. The van der Waals surface area contributed by atoms with Gasteiger partial charge in [0.1, 0.15) is 5.69 Å². The highest BCUT2D eigenvalue weighted by atomic mass is 19.4. The molecule has 146 valence electrons. The molecule has 1 fully saturated rings. The zero-order valence-electron chi connectivity index (χ0n) is 14.6. The molecule has 0 aromatic carbocycles. The van der Waals surface area contributed by atoms with E-state index in [0.29, 0.717) is 4.57 Å². The van der Waals surface area contributed by atoms with Crippen LogP contribution in [0, 0.1) is 0 Å². The number of aryl methyl sites for hydroxylation is 1. The van der Waals surface area contributed by atoms with Crippen LogP contribution in [-0.2, 0) is 20.3 Å². The molecule has 1 aliphatic heterocycles. The van der Waals surface area contributed by atoms with Crippen molar-refractivity contribution in [2.45, 2.75) is 25.1 Å². The third kappa shape index (κ3) is 3.51. The van der Waals surface area contributed by atoms with E-state index >= 15 is 0 Å². The monoisotopic (exact) mass is 386 g/mol. The number of hydrogen-bond donors (Lipinski definition) is 0. The topological polar surface area (TPSA) is 95.0 Å². The second kappa shape index (κ2) is 6.67. The molecule has 0 aliphatic carbocycles. The van der Waals surface area contributed by atoms with Gasteiger partial charge in [-0.2, -0.15) is 18.3 Å². The molecule has 0 spiro atoms. The van der Waals surface area contributed by atoms with Gasteiger partial charge in [0.15, 0.2) is 0 Å². The fourth-order valence-electron chi connectivity index (χ4n) is 3.03. The third-order valence-corrected chi connectivity index (χ3v) is 4.53. The number of aromatic nitrogens is 5. The van der Waals surface area contributed by atoms with Gasteiger partial charge < -0.3 is 4.90 Å². The van der Waals surface area contributed by atoms with Gasteiger partial charge in [0.05, 0.1) is 6.04 Å². The van der Waals surface area contributed by atoms with Gasteiger partial charge in [0.25, 0.3) is 11.5 Å². The molecule has 1 amide bonds. The van der Waals surface area contributed by atoms with Gasteiger partial charge >= 0.3 is 11.9 Å². The Balaban J connectivity index is 1.74. The predicted molar refractivity (Wildman–Crippen MR) is 86.1 cm³/mol. The molecular formula is C15H17F3N6O3. The molecule has 2 aromatic heterocycles. The molecule has 27 heavy (non-hydrogen) atoms. The molecule has 1 aliphatic rings. The number of alkyl halides is 3. The average Bonchev–Trinajstić information content (AvgIpc) is 2.92. The van der Waals surface area contributed by atoms with E-state index < -0.39 is 23.7 Å². The highest BCUT2D eigenvalue weighted by molar-refractivity contribution is 5.92.